The molecule has 0 saturated carbocycles. The Hall–Kier alpha value is -0.206. The second-order valence-corrected chi connectivity index (χ2v) is 3.81. The summed E-state index contributed by atoms with van der Waals surface area (Å²) in [7, 11) is 0. The summed E-state index contributed by atoms with van der Waals surface area (Å²) in [5.41, 5.74) is 0.620. The molecule has 4 heteroatoms. The van der Waals surface area contributed by atoms with Gasteiger partial charge in [-0.1, -0.05) is 35.3 Å². The van der Waals surface area contributed by atoms with Crippen LogP contribution in [0.5, 0.6) is 11.5 Å². The summed E-state index contributed by atoms with van der Waals surface area (Å²) in [5, 5.41) is 22.4. The predicted octanol–water partition coefficient (Wildman–Crippen LogP) is 1.94. The van der Waals surface area contributed by atoms with E-state index in [0.717, 1.165) is 17.3 Å². The van der Waals surface area contributed by atoms with E-state index in [1.165, 1.54) is 6.07 Å². The van der Waals surface area contributed by atoms with Gasteiger partial charge in [0.25, 0.3) is 0 Å². The maximum atomic E-state index is 11.4. The molecule has 0 N–H and O–H groups in total. The maximum Gasteiger partial charge on any atom is 2.00 e. The van der Waals surface area contributed by atoms with Crippen molar-refractivity contribution in [2.45, 2.75) is 26.2 Å². The van der Waals surface area contributed by atoms with Gasteiger partial charge in [-0.3, -0.25) is 0 Å². The van der Waals surface area contributed by atoms with Crippen LogP contribution in [0.2, 0.25) is 0 Å². The molecule has 0 saturated heterocycles. The second-order valence-electron chi connectivity index (χ2n) is 2.96. The summed E-state index contributed by atoms with van der Waals surface area (Å²) in [4.78, 5) is 0. The van der Waals surface area contributed by atoms with Crippen LogP contribution < -0.4 is 10.2 Å². The van der Waals surface area contributed by atoms with Crippen LogP contribution >= 0.6 is 15.9 Å². The first-order valence-corrected chi connectivity index (χ1v) is 5.11. The van der Waals surface area contributed by atoms with Crippen LogP contribution in [0.4, 0.5) is 0 Å². The van der Waals surface area contributed by atoms with Crippen molar-refractivity contribution in [3.8, 4) is 11.5 Å². The molecule has 2 nitrogen and oxygen atoms in total. The molecule has 0 amide bonds. The van der Waals surface area contributed by atoms with Gasteiger partial charge in [-0.2, -0.15) is 0 Å². The molecule has 0 aromatic heterocycles. The quantitative estimate of drug-likeness (QED) is 0.801. The van der Waals surface area contributed by atoms with Gasteiger partial charge in [-0.15, -0.1) is 11.5 Å². The van der Waals surface area contributed by atoms with Crippen molar-refractivity contribution in [1.29, 1.82) is 0 Å². The minimum Gasteiger partial charge on any atom is -0.873 e. The van der Waals surface area contributed by atoms with Crippen molar-refractivity contribution >= 4 is 15.9 Å². The molecule has 0 aliphatic rings. The zero-order chi connectivity index (χ0) is 9.84. The Morgan fingerprint density at radius 2 is 1.93 bits per heavy atom. The van der Waals surface area contributed by atoms with Gasteiger partial charge in [-0.25, -0.2) is 0 Å². The van der Waals surface area contributed by atoms with Gasteiger partial charge in [0.05, 0.1) is 0 Å². The Morgan fingerprint density at radius 1 is 1.29 bits per heavy atom. The van der Waals surface area contributed by atoms with Crippen molar-refractivity contribution in [2.75, 3.05) is 0 Å². The van der Waals surface area contributed by atoms with Crippen molar-refractivity contribution in [3.05, 3.63) is 22.2 Å². The first-order valence-electron chi connectivity index (χ1n) is 4.32. The topological polar surface area (TPSA) is 46.1 Å². The molecule has 0 radical (unpaired) electrons. The first kappa shape index (κ1) is 13.8. The largest absolute Gasteiger partial charge is 2.00 e. The van der Waals surface area contributed by atoms with Crippen molar-refractivity contribution < 1.29 is 26.7 Å². The molecule has 0 aliphatic carbocycles. The first-order chi connectivity index (χ1) is 6.16. The zero-order valence-electron chi connectivity index (χ0n) is 7.79. The average Bonchev–Trinajstić information content (AvgIpc) is 2.12. The van der Waals surface area contributed by atoms with Crippen molar-refractivity contribution in [2.24, 2.45) is 0 Å². The van der Waals surface area contributed by atoms with E-state index in [0.29, 0.717) is 12.0 Å². The monoisotopic (exact) mass is 300 g/mol. The fraction of sp³-hybridized carbons (Fsp3) is 0.400. The summed E-state index contributed by atoms with van der Waals surface area (Å²) in [6.45, 7) is 2.05. The van der Waals surface area contributed by atoms with E-state index in [-0.39, 0.29) is 22.2 Å². The van der Waals surface area contributed by atoms with Crippen LogP contribution in [-0.2, 0) is 22.9 Å². The van der Waals surface area contributed by atoms with Gasteiger partial charge >= 0.3 is 16.5 Å². The van der Waals surface area contributed by atoms with Crippen LogP contribution in [0.15, 0.2) is 16.6 Å². The fourth-order valence-corrected chi connectivity index (χ4v) is 1.68. The summed E-state index contributed by atoms with van der Waals surface area (Å²) in [6.07, 6.45) is 2.65. The summed E-state index contributed by atoms with van der Waals surface area (Å²) < 4.78 is 0.755. The number of hydrogen-bond donors (Lipinski definition) is 0. The third-order valence-electron chi connectivity index (χ3n) is 1.95. The minimum atomic E-state index is -0.408. The van der Waals surface area contributed by atoms with E-state index in [1.54, 1.807) is 6.07 Å². The molecule has 14 heavy (non-hydrogen) atoms. The van der Waals surface area contributed by atoms with Crippen LogP contribution in [0.3, 0.4) is 0 Å². The molecule has 0 aliphatic heterocycles. The molecule has 0 heterocycles. The molecule has 0 fully saturated rings. The van der Waals surface area contributed by atoms with Crippen molar-refractivity contribution in [1.82, 2.24) is 0 Å². The van der Waals surface area contributed by atoms with Gasteiger partial charge in [0.1, 0.15) is 0 Å². The van der Waals surface area contributed by atoms with Crippen LogP contribution in [-0.4, -0.2) is 0 Å². The minimum absolute atomic E-state index is 0. The van der Waals surface area contributed by atoms with Gasteiger partial charge in [0.15, 0.2) is 0 Å². The maximum absolute atomic E-state index is 11.4. The van der Waals surface area contributed by atoms with E-state index in [1.807, 2.05) is 0 Å². The molecule has 0 bridgehead atoms. The smallest absolute Gasteiger partial charge is 0.873 e. The van der Waals surface area contributed by atoms with Gasteiger partial charge in [0, 0.05) is 4.47 Å². The number of halogens is 1. The summed E-state index contributed by atoms with van der Waals surface area (Å²) >= 11 is 3.27. The Balaban J connectivity index is 0.00000169. The number of unbranched alkanes of at least 4 members (excludes halogenated alkanes) is 1. The van der Waals surface area contributed by atoms with Crippen molar-refractivity contribution in [3.63, 3.8) is 0 Å². The molecular weight excluding hydrogens is 291 g/mol. The molecule has 80 valence electrons. The van der Waals surface area contributed by atoms with Crippen LogP contribution in [0.1, 0.15) is 25.3 Å². The average molecular weight is 302 g/mol. The zero-order valence-corrected chi connectivity index (χ0v) is 10.4. The Bertz CT molecular complexity index is 302. The normalized spacial score (nSPS) is 9.57. The number of benzene rings is 1. The van der Waals surface area contributed by atoms with Crippen LogP contribution in [0, 0.1) is 0 Å². The van der Waals surface area contributed by atoms with E-state index >= 15 is 0 Å². The summed E-state index contributed by atoms with van der Waals surface area (Å²) in [6, 6.07) is 2.95. The van der Waals surface area contributed by atoms with E-state index < -0.39 is 5.75 Å². The second kappa shape index (κ2) is 6.31. The van der Waals surface area contributed by atoms with Gasteiger partial charge in [0.2, 0.25) is 0 Å². The number of hydrogen-bond acceptors (Lipinski definition) is 2. The van der Waals surface area contributed by atoms with E-state index in [4.69, 9.17) is 0 Å². The van der Waals surface area contributed by atoms with Crippen LogP contribution in [0.25, 0.3) is 0 Å². The third kappa shape index (κ3) is 3.18. The molecule has 0 spiro atoms. The molecule has 0 atom stereocenters. The molecule has 1 aromatic rings. The standard InChI is InChI=1S/C10H13BrO2.Ni/c1-2-3-4-7-8(11)5-6-9(12)10(7)13;/h5-6,12-13H,2-4H2,1H3;/q;+2/p-2. The fourth-order valence-electron chi connectivity index (χ4n) is 1.17. The molecule has 1 aromatic carbocycles. The predicted molar refractivity (Wildman–Crippen MR) is 51.6 cm³/mol. The Morgan fingerprint density at radius 3 is 2.50 bits per heavy atom. The van der Waals surface area contributed by atoms with E-state index in [2.05, 4.69) is 22.9 Å². The molecule has 1 rings (SSSR count). The number of rotatable bonds is 3. The van der Waals surface area contributed by atoms with Gasteiger partial charge < -0.3 is 10.2 Å². The summed E-state index contributed by atoms with van der Waals surface area (Å²) in [5.74, 6) is -0.767. The van der Waals surface area contributed by atoms with Gasteiger partial charge in [-0.05, 0) is 24.5 Å². The Kier molecular flexibility index (Phi) is 6.22. The van der Waals surface area contributed by atoms with E-state index in [9.17, 15) is 10.2 Å². The Labute approximate surface area is 102 Å². The third-order valence-corrected chi connectivity index (χ3v) is 2.69. The molecule has 0 unspecified atom stereocenters. The SMILES string of the molecule is CCCCc1c(Br)ccc([O-])c1[O-].[Ni+2]. The molecular formula is C10H11BrNiO2.